The van der Waals surface area contributed by atoms with Crippen molar-refractivity contribution >= 4 is 23.0 Å². The first-order chi connectivity index (χ1) is 15.1. The summed E-state index contributed by atoms with van der Waals surface area (Å²) in [6.07, 6.45) is 4.10. The lowest BCUT2D eigenvalue weighted by Gasteiger charge is -2.20. The number of fused-ring (bicyclic) bond motifs is 1. The van der Waals surface area contributed by atoms with E-state index in [0.717, 1.165) is 68.5 Å². The molecule has 0 bridgehead atoms. The van der Waals surface area contributed by atoms with Crippen LogP contribution in [0.5, 0.6) is 11.5 Å². The Labute approximate surface area is 190 Å². The van der Waals surface area contributed by atoms with Gasteiger partial charge in [-0.2, -0.15) is 0 Å². The molecule has 1 aromatic heterocycles. The molecule has 0 spiro atoms. The van der Waals surface area contributed by atoms with Crippen molar-refractivity contribution < 1.29 is 9.47 Å². The molecule has 0 atom stereocenters. The van der Waals surface area contributed by atoms with E-state index in [1.807, 2.05) is 18.2 Å². The van der Waals surface area contributed by atoms with Crippen LogP contribution >= 0.6 is 11.3 Å². The lowest BCUT2D eigenvalue weighted by molar-refractivity contribution is 0.269. The van der Waals surface area contributed by atoms with Gasteiger partial charge < -0.3 is 25.0 Å². The summed E-state index contributed by atoms with van der Waals surface area (Å²) in [4.78, 5) is 8.57. The zero-order valence-electron chi connectivity index (χ0n) is 19.0. The number of thiophene rings is 1. The number of nitrogens with zero attached hydrogens (tertiary/aromatic N) is 2. The van der Waals surface area contributed by atoms with Crippen LogP contribution in [0, 0.1) is 0 Å². The Morgan fingerprint density at radius 2 is 2.00 bits per heavy atom. The van der Waals surface area contributed by atoms with Gasteiger partial charge in [-0.25, -0.2) is 0 Å². The van der Waals surface area contributed by atoms with Gasteiger partial charge in [0, 0.05) is 42.2 Å². The Bertz CT molecular complexity index is 808. The molecule has 2 heterocycles. The topological polar surface area (TPSA) is 58.1 Å². The molecule has 1 aliphatic rings. The predicted molar refractivity (Wildman–Crippen MR) is 131 cm³/mol. The first kappa shape index (κ1) is 23.4. The minimum Gasteiger partial charge on any atom is -0.490 e. The van der Waals surface area contributed by atoms with Gasteiger partial charge in [-0.05, 0) is 70.3 Å². The van der Waals surface area contributed by atoms with Crippen LogP contribution in [0.1, 0.15) is 38.0 Å². The fourth-order valence-corrected chi connectivity index (χ4v) is 3.91. The summed E-state index contributed by atoms with van der Waals surface area (Å²) in [5.74, 6) is 2.40. The van der Waals surface area contributed by atoms with Crippen molar-refractivity contribution in [3.05, 3.63) is 40.6 Å². The third-order valence-corrected chi connectivity index (χ3v) is 6.26. The largest absolute Gasteiger partial charge is 0.490 e. The summed E-state index contributed by atoms with van der Waals surface area (Å²) in [6.45, 7) is 8.58. The molecule has 2 N–H and O–H groups in total. The van der Waals surface area contributed by atoms with Gasteiger partial charge in [-0.1, -0.05) is 6.07 Å². The van der Waals surface area contributed by atoms with Gasteiger partial charge in [0.25, 0.3) is 0 Å². The molecule has 0 fully saturated rings. The molecule has 2 aromatic rings. The van der Waals surface area contributed by atoms with E-state index < -0.39 is 0 Å². The maximum atomic E-state index is 5.83. The van der Waals surface area contributed by atoms with Crippen LogP contribution in [-0.2, 0) is 6.42 Å². The Morgan fingerprint density at radius 3 is 2.77 bits per heavy atom. The molecule has 7 heteroatoms. The predicted octanol–water partition coefficient (Wildman–Crippen LogP) is 4.63. The molecular formula is C24H36N4O2S. The van der Waals surface area contributed by atoms with Gasteiger partial charge in [0.1, 0.15) is 0 Å². The van der Waals surface area contributed by atoms with Crippen molar-refractivity contribution in [1.29, 1.82) is 0 Å². The van der Waals surface area contributed by atoms with E-state index in [2.05, 4.69) is 53.9 Å². The number of hydrogen-bond acceptors (Lipinski definition) is 5. The van der Waals surface area contributed by atoms with Gasteiger partial charge in [0.05, 0.1) is 13.2 Å². The van der Waals surface area contributed by atoms with Gasteiger partial charge in [0.15, 0.2) is 17.5 Å². The number of ether oxygens (including phenoxy) is 2. The van der Waals surface area contributed by atoms with Crippen molar-refractivity contribution in [3.8, 4) is 11.5 Å². The first-order valence-electron chi connectivity index (χ1n) is 11.3. The van der Waals surface area contributed by atoms with Crippen LogP contribution in [0.25, 0.3) is 0 Å². The fraction of sp³-hybridized carbons (Fsp3) is 0.542. The molecule has 0 saturated heterocycles. The van der Waals surface area contributed by atoms with Crippen molar-refractivity contribution in [2.24, 2.45) is 4.99 Å². The molecule has 0 amide bonds. The van der Waals surface area contributed by atoms with Crippen molar-refractivity contribution in [3.63, 3.8) is 0 Å². The van der Waals surface area contributed by atoms with Crippen LogP contribution < -0.4 is 20.1 Å². The SMILES string of the molecule is CC(C)N(C)CCCCN=C(NCCc1cccs1)Nc1ccc2c(c1)OCCCO2. The Balaban J connectivity index is 1.57. The molecule has 0 unspecified atom stereocenters. The molecule has 1 aromatic carbocycles. The van der Waals surface area contributed by atoms with E-state index in [0.29, 0.717) is 19.3 Å². The summed E-state index contributed by atoms with van der Waals surface area (Å²) in [5, 5.41) is 9.04. The van der Waals surface area contributed by atoms with Crippen LogP contribution in [0.2, 0.25) is 0 Å². The van der Waals surface area contributed by atoms with E-state index in [1.165, 1.54) is 4.88 Å². The molecule has 0 radical (unpaired) electrons. The number of aliphatic imine (C=N–C) groups is 1. The second-order valence-corrected chi connectivity index (χ2v) is 9.14. The highest BCUT2D eigenvalue weighted by molar-refractivity contribution is 7.09. The number of hydrogen-bond donors (Lipinski definition) is 2. The smallest absolute Gasteiger partial charge is 0.195 e. The average Bonchev–Trinajstić information content (AvgIpc) is 3.16. The highest BCUT2D eigenvalue weighted by Crippen LogP contribution is 2.32. The number of rotatable bonds is 10. The summed E-state index contributed by atoms with van der Waals surface area (Å²) >= 11 is 1.79. The van der Waals surface area contributed by atoms with Crippen molar-refractivity contribution in [2.75, 3.05) is 45.2 Å². The highest BCUT2D eigenvalue weighted by Gasteiger charge is 2.11. The van der Waals surface area contributed by atoms with Gasteiger partial charge in [0.2, 0.25) is 0 Å². The summed E-state index contributed by atoms with van der Waals surface area (Å²) < 4.78 is 11.6. The van der Waals surface area contributed by atoms with Crippen molar-refractivity contribution in [2.45, 2.75) is 45.6 Å². The third kappa shape index (κ3) is 8.07. The highest BCUT2D eigenvalue weighted by atomic mass is 32.1. The molecular weight excluding hydrogens is 408 g/mol. The molecule has 0 saturated carbocycles. The summed E-state index contributed by atoms with van der Waals surface area (Å²) in [7, 11) is 2.18. The molecule has 170 valence electrons. The first-order valence-corrected chi connectivity index (χ1v) is 12.2. The Morgan fingerprint density at radius 1 is 1.16 bits per heavy atom. The number of unbranched alkanes of at least 4 members (excludes halogenated alkanes) is 1. The Hall–Kier alpha value is -2.25. The summed E-state index contributed by atoms with van der Waals surface area (Å²) in [5.41, 5.74) is 0.950. The number of benzene rings is 1. The molecule has 1 aliphatic heterocycles. The molecule has 3 rings (SSSR count). The van der Waals surface area contributed by atoms with E-state index in [-0.39, 0.29) is 0 Å². The van der Waals surface area contributed by atoms with E-state index in [4.69, 9.17) is 14.5 Å². The fourth-order valence-electron chi connectivity index (χ4n) is 3.20. The third-order valence-electron chi connectivity index (χ3n) is 5.32. The monoisotopic (exact) mass is 444 g/mol. The molecule has 31 heavy (non-hydrogen) atoms. The second kappa shape index (κ2) is 12.6. The van der Waals surface area contributed by atoms with E-state index in [9.17, 15) is 0 Å². The zero-order valence-corrected chi connectivity index (χ0v) is 19.8. The quantitative estimate of drug-likeness (QED) is 0.318. The standard InChI is InChI=1S/C24H36N4O2S/c1-19(2)28(3)14-5-4-12-25-24(26-13-11-21-8-6-17-31-21)27-20-9-10-22-23(18-20)30-16-7-15-29-22/h6,8-10,17-19H,4-5,7,11-16H2,1-3H3,(H2,25,26,27). The normalized spacial score (nSPS) is 14.0. The number of anilines is 1. The maximum absolute atomic E-state index is 5.83. The number of nitrogens with one attached hydrogen (secondary N) is 2. The van der Waals surface area contributed by atoms with E-state index >= 15 is 0 Å². The summed E-state index contributed by atoms with van der Waals surface area (Å²) in [6, 6.07) is 10.8. The van der Waals surface area contributed by atoms with Gasteiger partial charge in [-0.15, -0.1) is 11.3 Å². The molecule has 0 aliphatic carbocycles. The van der Waals surface area contributed by atoms with Gasteiger partial charge in [-0.3, -0.25) is 4.99 Å². The van der Waals surface area contributed by atoms with Crippen LogP contribution in [-0.4, -0.2) is 56.8 Å². The second-order valence-electron chi connectivity index (χ2n) is 8.10. The average molecular weight is 445 g/mol. The zero-order chi connectivity index (χ0) is 21.9. The lowest BCUT2D eigenvalue weighted by Crippen LogP contribution is -2.32. The van der Waals surface area contributed by atoms with Crippen molar-refractivity contribution in [1.82, 2.24) is 10.2 Å². The van der Waals surface area contributed by atoms with Crippen LogP contribution in [0.4, 0.5) is 5.69 Å². The molecule has 6 nitrogen and oxygen atoms in total. The van der Waals surface area contributed by atoms with Gasteiger partial charge >= 0.3 is 0 Å². The lowest BCUT2D eigenvalue weighted by atomic mass is 10.2. The van der Waals surface area contributed by atoms with Crippen LogP contribution in [0.3, 0.4) is 0 Å². The minimum absolute atomic E-state index is 0.582. The van der Waals surface area contributed by atoms with E-state index in [1.54, 1.807) is 11.3 Å². The maximum Gasteiger partial charge on any atom is 0.195 e. The number of guanidine groups is 1. The van der Waals surface area contributed by atoms with Crippen LogP contribution in [0.15, 0.2) is 40.7 Å². The minimum atomic E-state index is 0.582. The Kier molecular flexibility index (Phi) is 9.49.